The molecule has 2 atom stereocenters. The molecule has 0 fully saturated rings. The molecule has 2 aromatic carbocycles. The van der Waals surface area contributed by atoms with Crippen molar-refractivity contribution in [2.75, 3.05) is 13.1 Å². The molecule has 2 heterocycles. The van der Waals surface area contributed by atoms with Gasteiger partial charge in [0, 0.05) is 36.9 Å². The van der Waals surface area contributed by atoms with Crippen LogP contribution in [0.4, 0.5) is 0 Å². The number of aromatic amines is 1. The number of fused-ring (bicyclic) bond motifs is 2. The van der Waals surface area contributed by atoms with Crippen molar-refractivity contribution < 1.29 is 13.5 Å². The Hall–Kier alpha value is -2.56. The fourth-order valence-corrected chi connectivity index (χ4v) is 4.60. The number of H-pyrrole nitrogens is 1. The van der Waals surface area contributed by atoms with Crippen LogP contribution in [-0.4, -0.2) is 47.6 Å². The first-order valence-corrected chi connectivity index (χ1v) is 11.1. The Balaban J connectivity index is 0.00000272. The normalized spacial score (nSPS) is 13.7. The van der Waals surface area contributed by atoms with Gasteiger partial charge in [-0.25, -0.2) is 18.1 Å². The number of benzene rings is 2. The van der Waals surface area contributed by atoms with Gasteiger partial charge in [-0.1, -0.05) is 12.1 Å². The molecule has 0 saturated carbocycles. The first-order chi connectivity index (χ1) is 14.4. The van der Waals surface area contributed by atoms with E-state index in [2.05, 4.69) is 25.0 Å². The maximum atomic E-state index is 12.7. The summed E-state index contributed by atoms with van der Waals surface area (Å²) in [5.41, 5.74) is 2.46. The summed E-state index contributed by atoms with van der Waals surface area (Å²) in [5, 5.41) is 15.2. The van der Waals surface area contributed by atoms with Gasteiger partial charge >= 0.3 is 0 Å². The van der Waals surface area contributed by atoms with E-state index in [-0.39, 0.29) is 23.3 Å². The molecule has 0 aliphatic carbocycles. The molecule has 31 heavy (non-hydrogen) atoms. The van der Waals surface area contributed by atoms with Gasteiger partial charge in [0.1, 0.15) is 0 Å². The first-order valence-electron chi connectivity index (χ1n) is 9.60. The fraction of sp³-hybridized carbons (Fsp3) is 0.238. The predicted octanol–water partition coefficient (Wildman–Crippen LogP) is 2.52. The number of nitrogens with zero attached hydrogens (tertiary/aromatic N) is 2. The molecular formula is C21H24ClN5O3S. The van der Waals surface area contributed by atoms with Crippen molar-refractivity contribution in [2.45, 2.75) is 24.0 Å². The Morgan fingerprint density at radius 3 is 2.77 bits per heavy atom. The van der Waals surface area contributed by atoms with Crippen LogP contribution in [0.2, 0.25) is 0 Å². The molecular weight excluding hydrogens is 438 g/mol. The van der Waals surface area contributed by atoms with Crippen molar-refractivity contribution in [3.63, 3.8) is 0 Å². The van der Waals surface area contributed by atoms with E-state index in [1.807, 2.05) is 18.2 Å². The number of pyridine rings is 1. The van der Waals surface area contributed by atoms with Gasteiger partial charge in [0.25, 0.3) is 0 Å². The van der Waals surface area contributed by atoms with Gasteiger partial charge in [-0.3, -0.25) is 4.98 Å². The quantitative estimate of drug-likeness (QED) is 0.320. The van der Waals surface area contributed by atoms with E-state index in [4.69, 9.17) is 0 Å². The second kappa shape index (κ2) is 9.71. The minimum Gasteiger partial charge on any atom is -0.387 e. The van der Waals surface area contributed by atoms with Crippen LogP contribution < -0.4 is 10.0 Å². The second-order valence-electron chi connectivity index (χ2n) is 7.26. The highest BCUT2D eigenvalue weighted by Crippen LogP contribution is 2.19. The molecule has 0 saturated heterocycles. The number of hydrogen-bond donors (Lipinski definition) is 4. The number of imidazole rings is 1. The van der Waals surface area contributed by atoms with Crippen molar-refractivity contribution in [2.24, 2.45) is 0 Å². The van der Waals surface area contributed by atoms with Gasteiger partial charge in [-0.15, -0.1) is 12.4 Å². The minimum absolute atomic E-state index is 0. The van der Waals surface area contributed by atoms with Crippen molar-refractivity contribution >= 4 is 44.2 Å². The molecule has 0 amide bonds. The van der Waals surface area contributed by atoms with E-state index in [1.54, 1.807) is 49.9 Å². The Morgan fingerprint density at radius 2 is 1.94 bits per heavy atom. The van der Waals surface area contributed by atoms with E-state index >= 15 is 0 Å². The van der Waals surface area contributed by atoms with Crippen LogP contribution >= 0.6 is 12.4 Å². The smallest absolute Gasteiger partial charge is 0.240 e. The van der Waals surface area contributed by atoms with Crippen LogP contribution in [0.25, 0.3) is 21.8 Å². The van der Waals surface area contributed by atoms with Crippen LogP contribution in [-0.2, 0) is 10.0 Å². The highest BCUT2D eigenvalue weighted by molar-refractivity contribution is 7.89. The number of halogens is 1. The molecule has 0 bridgehead atoms. The molecule has 0 radical (unpaired) electrons. The lowest BCUT2D eigenvalue weighted by molar-refractivity contribution is 0.174. The number of hydrogen-bond acceptors (Lipinski definition) is 6. The minimum atomic E-state index is -3.66. The largest absolute Gasteiger partial charge is 0.387 e. The lowest BCUT2D eigenvalue weighted by Crippen LogP contribution is -2.40. The van der Waals surface area contributed by atoms with E-state index in [1.165, 1.54) is 0 Å². The monoisotopic (exact) mass is 461 g/mol. The van der Waals surface area contributed by atoms with Gasteiger partial charge in [-0.05, 0) is 48.2 Å². The summed E-state index contributed by atoms with van der Waals surface area (Å²) in [7, 11) is -3.66. The molecule has 4 aromatic rings. The molecule has 4 N–H and O–H groups in total. The summed E-state index contributed by atoms with van der Waals surface area (Å²) < 4.78 is 28.1. The summed E-state index contributed by atoms with van der Waals surface area (Å²) in [5.74, 6) is 0. The van der Waals surface area contributed by atoms with Gasteiger partial charge < -0.3 is 15.4 Å². The van der Waals surface area contributed by atoms with Crippen molar-refractivity contribution in [3.05, 3.63) is 66.7 Å². The standard InChI is InChI=1S/C21H23N5O3S.ClH/c1-14(10-23-12-21(27)16-3-5-19-20(9-16)25-13-24-19)26-30(28,29)18-4-2-17-11-22-7-6-15(17)8-18;/h2-9,11,13-14,21,23,26-27H,10,12H2,1H3,(H,24,25);1H/t14-,21?;/m1./s1. The Morgan fingerprint density at radius 1 is 1.10 bits per heavy atom. The third kappa shape index (κ3) is 5.38. The number of aliphatic hydroxyl groups is 1. The molecule has 0 aliphatic rings. The van der Waals surface area contributed by atoms with E-state index in [0.717, 1.165) is 27.4 Å². The molecule has 8 nitrogen and oxygen atoms in total. The molecule has 4 rings (SSSR count). The third-order valence-electron chi connectivity index (χ3n) is 4.90. The maximum absolute atomic E-state index is 12.7. The van der Waals surface area contributed by atoms with E-state index in [9.17, 15) is 13.5 Å². The highest BCUT2D eigenvalue weighted by Gasteiger charge is 2.18. The lowest BCUT2D eigenvalue weighted by atomic mass is 10.1. The number of nitrogens with one attached hydrogen (secondary N) is 3. The lowest BCUT2D eigenvalue weighted by Gasteiger charge is -2.17. The zero-order chi connectivity index (χ0) is 21.1. The number of aliphatic hydroxyl groups excluding tert-OH is 1. The van der Waals surface area contributed by atoms with Crippen LogP contribution in [0.15, 0.2) is 66.1 Å². The summed E-state index contributed by atoms with van der Waals surface area (Å²) in [6.07, 6.45) is 4.23. The average Bonchev–Trinajstić information content (AvgIpc) is 3.20. The summed E-state index contributed by atoms with van der Waals surface area (Å²) in [6, 6.07) is 11.9. The van der Waals surface area contributed by atoms with Gasteiger partial charge in [0.2, 0.25) is 10.0 Å². The van der Waals surface area contributed by atoms with E-state index in [0.29, 0.717) is 13.1 Å². The van der Waals surface area contributed by atoms with Gasteiger partial charge in [0.05, 0.1) is 28.4 Å². The molecule has 10 heteroatoms. The van der Waals surface area contributed by atoms with Gasteiger partial charge in [0.15, 0.2) is 0 Å². The van der Waals surface area contributed by atoms with Crippen LogP contribution in [0.3, 0.4) is 0 Å². The number of sulfonamides is 1. The highest BCUT2D eigenvalue weighted by atomic mass is 35.5. The third-order valence-corrected chi connectivity index (χ3v) is 6.48. The topological polar surface area (TPSA) is 120 Å². The maximum Gasteiger partial charge on any atom is 0.240 e. The molecule has 0 aliphatic heterocycles. The number of rotatable bonds is 8. The second-order valence-corrected chi connectivity index (χ2v) is 8.97. The van der Waals surface area contributed by atoms with Crippen molar-refractivity contribution in [1.29, 1.82) is 0 Å². The van der Waals surface area contributed by atoms with Crippen molar-refractivity contribution in [1.82, 2.24) is 25.0 Å². The Labute approximate surface area is 186 Å². The Kier molecular flexibility index (Phi) is 7.24. The molecule has 0 spiro atoms. The van der Waals surface area contributed by atoms with E-state index < -0.39 is 16.1 Å². The number of aromatic nitrogens is 3. The van der Waals surface area contributed by atoms with Crippen LogP contribution in [0.1, 0.15) is 18.6 Å². The zero-order valence-electron chi connectivity index (χ0n) is 16.8. The molecule has 1 unspecified atom stereocenters. The molecule has 2 aromatic heterocycles. The van der Waals surface area contributed by atoms with Gasteiger partial charge in [-0.2, -0.15) is 0 Å². The van der Waals surface area contributed by atoms with Crippen LogP contribution in [0, 0.1) is 0 Å². The Bertz CT molecular complexity index is 1280. The molecule has 164 valence electrons. The average molecular weight is 462 g/mol. The predicted molar refractivity (Wildman–Crippen MR) is 123 cm³/mol. The summed E-state index contributed by atoms with van der Waals surface area (Å²) >= 11 is 0. The van der Waals surface area contributed by atoms with Crippen LogP contribution in [0.5, 0.6) is 0 Å². The fourth-order valence-electron chi connectivity index (χ4n) is 3.32. The van der Waals surface area contributed by atoms with Crippen molar-refractivity contribution in [3.8, 4) is 0 Å². The summed E-state index contributed by atoms with van der Waals surface area (Å²) in [4.78, 5) is 11.4. The summed E-state index contributed by atoms with van der Waals surface area (Å²) in [6.45, 7) is 2.45. The zero-order valence-corrected chi connectivity index (χ0v) is 18.5. The SMILES string of the molecule is C[C@H](CNCC(O)c1ccc2nc[nH]c2c1)NS(=O)(=O)c1ccc2cnccc2c1.Cl. The first kappa shape index (κ1) is 23.1.